The summed E-state index contributed by atoms with van der Waals surface area (Å²) in [6, 6.07) is 6.30. The van der Waals surface area contributed by atoms with E-state index in [-0.39, 0.29) is 0 Å². The van der Waals surface area contributed by atoms with Gasteiger partial charge in [-0.25, -0.2) is 0 Å². The summed E-state index contributed by atoms with van der Waals surface area (Å²) < 4.78 is 5.54. The summed E-state index contributed by atoms with van der Waals surface area (Å²) in [5.74, 6) is 1.70. The van der Waals surface area contributed by atoms with E-state index >= 15 is 0 Å². The minimum absolute atomic E-state index is 0.684. The van der Waals surface area contributed by atoms with Gasteiger partial charge < -0.3 is 10.1 Å². The van der Waals surface area contributed by atoms with E-state index in [1.165, 1.54) is 5.56 Å². The van der Waals surface area contributed by atoms with Gasteiger partial charge in [-0.05, 0) is 36.2 Å². The van der Waals surface area contributed by atoms with Gasteiger partial charge in [0.15, 0.2) is 0 Å². The van der Waals surface area contributed by atoms with Crippen LogP contribution in [-0.4, -0.2) is 29.9 Å². The summed E-state index contributed by atoms with van der Waals surface area (Å²) in [6.45, 7) is 7.24. The quantitative estimate of drug-likeness (QED) is 0.834. The number of ether oxygens (including phenoxy) is 1. The predicted octanol–water partition coefficient (Wildman–Crippen LogP) is 2.93. The number of hydrogen-bond donors (Lipinski definition) is 1. The van der Waals surface area contributed by atoms with Gasteiger partial charge in [0.1, 0.15) is 15.8 Å². The van der Waals surface area contributed by atoms with Crippen LogP contribution in [0.15, 0.2) is 18.2 Å². The predicted molar refractivity (Wildman–Crippen MR) is 86.0 cm³/mol. The van der Waals surface area contributed by atoms with E-state index < -0.39 is 0 Å². The van der Waals surface area contributed by atoms with Gasteiger partial charge in [-0.3, -0.25) is 0 Å². The molecule has 0 amide bonds. The van der Waals surface area contributed by atoms with Crippen molar-refractivity contribution in [3.63, 3.8) is 0 Å². The maximum Gasteiger partial charge on any atom is 0.147 e. The molecule has 3 rings (SSSR count). The van der Waals surface area contributed by atoms with Crippen LogP contribution in [0.2, 0.25) is 0 Å². The average Bonchev–Trinajstić information content (AvgIpc) is 3.11. The molecule has 21 heavy (non-hydrogen) atoms. The first-order valence-electron chi connectivity index (χ1n) is 7.51. The van der Waals surface area contributed by atoms with Gasteiger partial charge in [0.2, 0.25) is 0 Å². The Morgan fingerprint density at radius 1 is 1.33 bits per heavy atom. The smallest absolute Gasteiger partial charge is 0.147 e. The van der Waals surface area contributed by atoms with Gasteiger partial charge in [-0.1, -0.05) is 25.2 Å². The van der Waals surface area contributed by atoms with Crippen LogP contribution in [-0.2, 0) is 12.8 Å². The number of nitrogens with zero attached hydrogens (tertiary/aromatic N) is 2. The highest BCUT2D eigenvalue weighted by molar-refractivity contribution is 7.14. The second-order valence-electron chi connectivity index (χ2n) is 5.77. The van der Waals surface area contributed by atoms with Gasteiger partial charge in [-0.15, -0.1) is 10.2 Å². The third-order valence-electron chi connectivity index (χ3n) is 3.47. The lowest BCUT2D eigenvalue weighted by Crippen LogP contribution is -2.22. The third kappa shape index (κ3) is 3.60. The topological polar surface area (TPSA) is 47.0 Å². The molecule has 2 heterocycles. The molecule has 112 valence electrons. The monoisotopic (exact) mass is 303 g/mol. The van der Waals surface area contributed by atoms with Crippen LogP contribution in [0, 0.1) is 5.92 Å². The summed E-state index contributed by atoms with van der Waals surface area (Å²) in [5.41, 5.74) is 2.43. The van der Waals surface area contributed by atoms with Crippen LogP contribution < -0.4 is 10.1 Å². The van der Waals surface area contributed by atoms with Crippen molar-refractivity contribution in [3.8, 4) is 16.3 Å². The fourth-order valence-corrected chi connectivity index (χ4v) is 3.21. The van der Waals surface area contributed by atoms with Crippen LogP contribution in [0.4, 0.5) is 0 Å². The number of benzene rings is 1. The van der Waals surface area contributed by atoms with E-state index in [0.29, 0.717) is 5.92 Å². The van der Waals surface area contributed by atoms with E-state index in [2.05, 4.69) is 41.5 Å². The van der Waals surface area contributed by atoms with Crippen molar-refractivity contribution in [2.45, 2.75) is 26.7 Å². The Bertz CT molecular complexity index is 609. The molecular weight excluding hydrogens is 282 g/mol. The fourth-order valence-electron chi connectivity index (χ4n) is 2.38. The zero-order valence-corrected chi connectivity index (χ0v) is 13.4. The molecule has 0 unspecified atom stereocenters. The van der Waals surface area contributed by atoms with Crippen LogP contribution >= 0.6 is 11.3 Å². The molecule has 4 nitrogen and oxygen atoms in total. The Labute approximate surface area is 129 Å². The number of fused-ring (bicyclic) bond motifs is 1. The summed E-state index contributed by atoms with van der Waals surface area (Å²) >= 11 is 1.69. The molecule has 1 aromatic heterocycles. The lowest BCUT2D eigenvalue weighted by Gasteiger charge is -2.05. The molecule has 0 atom stereocenters. The highest BCUT2D eigenvalue weighted by Crippen LogP contribution is 2.31. The van der Waals surface area contributed by atoms with Crippen molar-refractivity contribution in [1.82, 2.24) is 15.5 Å². The van der Waals surface area contributed by atoms with Crippen molar-refractivity contribution in [2.75, 3.05) is 19.7 Å². The highest BCUT2D eigenvalue weighted by atomic mass is 32.1. The summed E-state index contributed by atoms with van der Waals surface area (Å²) in [7, 11) is 0. The Morgan fingerprint density at radius 3 is 3.10 bits per heavy atom. The minimum atomic E-state index is 0.684. The first-order valence-corrected chi connectivity index (χ1v) is 8.33. The van der Waals surface area contributed by atoms with Crippen LogP contribution in [0.25, 0.3) is 10.6 Å². The van der Waals surface area contributed by atoms with E-state index in [9.17, 15) is 0 Å². The standard InChI is InChI=1S/C16H21N3OS/c1-11(2)10-17-7-5-15-18-19-16(21-15)13-3-4-14-12(9-13)6-8-20-14/h3-4,9,11,17H,5-8,10H2,1-2H3. The molecule has 1 N–H and O–H groups in total. The largest absolute Gasteiger partial charge is 0.493 e. The number of aromatic nitrogens is 2. The van der Waals surface area contributed by atoms with Gasteiger partial charge in [0.25, 0.3) is 0 Å². The van der Waals surface area contributed by atoms with Crippen molar-refractivity contribution in [3.05, 3.63) is 28.8 Å². The van der Waals surface area contributed by atoms with Gasteiger partial charge in [-0.2, -0.15) is 0 Å². The zero-order valence-electron chi connectivity index (χ0n) is 12.6. The van der Waals surface area contributed by atoms with Crippen LogP contribution in [0.3, 0.4) is 0 Å². The second-order valence-corrected chi connectivity index (χ2v) is 6.83. The SMILES string of the molecule is CC(C)CNCCc1nnc(-c2ccc3c(c2)CCO3)s1. The van der Waals surface area contributed by atoms with E-state index in [0.717, 1.165) is 53.9 Å². The highest BCUT2D eigenvalue weighted by Gasteiger charge is 2.14. The van der Waals surface area contributed by atoms with E-state index in [4.69, 9.17) is 4.74 Å². The van der Waals surface area contributed by atoms with Crippen molar-refractivity contribution in [2.24, 2.45) is 5.92 Å². The molecule has 5 heteroatoms. The zero-order chi connectivity index (χ0) is 14.7. The molecule has 0 bridgehead atoms. The maximum absolute atomic E-state index is 5.54. The molecule has 0 radical (unpaired) electrons. The van der Waals surface area contributed by atoms with Crippen molar-refractivity contribution < 1.29 is 4.74 Å². The van der Waals surface area contributed by atoms with Crippen molar-refractivity contribution in [1.29, 1.82) is 0 Å². The van der Waals surface area contributed by atoms with Gasteiger partial charge in [0, 0.05) is 24.9 Å². The molecule has 1 aromatic carbocycles. The molecule has 0 aliphatic carbocycles. The normalized spacial score (nSPS) is 13.5. The molecule has 2 aromatic rings. The van der Waals surface area contributed by atoms with Crippen molar-refractivity contribution >= 4 is 11.3 Å². The van der Waals surface area contributed by atoms with Crippen LogP contribution in [0.1, 0.15) is 24.4 Å². The molecular formula is C16H21N3OS. The first kappa shape index (κ1) is 14.5. The van der Waals surface area contributed by atoms with Crippen LogP contribution in [0.5, 0.6) is 5.75 Å². The molecule has 0 spiro atoms. The Balaban J connectivity index is 1.62. The Morgan fingerprint density at radius 2 is 2.24 bits per heavy atom. The summed E-state index contributed by atoms with van der Waals surface area (Å²) in [6.07, 6.45) is 1.94. The molecule has 1 aliphatic heterocycles. The minimum Gasteiger partial charge on any atom is -0.493 e. The summed E-state index contributed by atoms with van der Waals surface area (Å²) in [4.78, 5) is 0. The Hall–Kier alpha value is -1.46. The van der Waals surface area contributed by atoms with Gasteiger partial charge >= 0.3 is 0 Å². The summed E-state index contributed by atoms with van der Waals surface area (Å²) in [5, 5.41) is 14.2. The first-order chi connectivity index (χ1) is 10.2. The lowest BCUT2D eigenvalue weighted by molar-refractivity contribution is 0.357. The van der Waals surface area contributed by atoms with Gasteiger partial charge in [0.05, 0.1) is 6.61 Å². The molecule has 0 fully saturated rings. The molecule has 0 saturated carbocycles. The third-order valence-corrected chi connectivity index (χ3v) is 4.50. The number of hydrogen-bond acceptors (Lipinski definition) is 5. The number of nitrogens with one attached hydrogen (secondary N) is 1. The lowest BCUT2D eigenvalue weighted by atomic mass is 10.1. The second kappa shape index (κ2) is 6.54. The number of rotatable bonds is 6. The fraction of sp³-hybridized carbons (Fsp3) is 0.500. The molecule has 1 aliphatic rings. The Kier molecular flexibility index (Phi) is 4.51. The van der Waals surface area contributed by atoms with E-state index in [1.807, 2.05) is 6.07 Å². The maximum atomic E-state index is 5.54. The molecule has 0 saturated heterocycles. The average molecular weight is 303 g/mol. The van der Waals surface area contributed by atoms with E-state index in [1.54, 1.807) is 11.3 Å².